The molecular weight excluding hydrogens is 398 g/mol. The van der Waals surface area contributed by atoms with Crippen LogP contribution in [0.1, 0.15) is 24.8 Å². The molecule has 3 heterocycles. The van der Waals surface area contributed by atoms with Gasteiger partial charge in [0.2, 0.25) is 10.0 Å². The number of aromatic nitrogens is 3. The number of sulfonamides is 1. The number of hydrogen-bond donors (Lipinski definition) is 1. The lowest BCUT2D eigenvalue weighted by atomic mass is 10.2. The zero-order valence-corrected chi connectivity index (χ0v) is 16.7. The minimum atomic E-state index is -3.52. The Hall–Kier alpha value is -2.29. The van der Waals surface area contributed by atoms with Crippen LogP contribution in [-0.4, -0.2) is 40.8 Å². The van der Waals surface area contributed by atoms with Crippen molar-refractivity contribution in [3.05, 3.63) is 53.6 Å². The molecule has 1 N–H and O–H groups in total. The molecule has 1 aliphatic heterocycles. The van der Waals surface area contributed by atoms with Crippen molar-refractivity contribution in [1.29, 1.82) is 0 Å². The van der Waals surface area contributed by atoms with Crippen LogP contribution in [0.25, 0.3) is 10.9 Å². The van der Waals surface area contributed by atoms with E-state index in [9.17, 15) is 8.42 Å². The summed E-state index contributed by atoms with van der Waals surface area (Å²) < 4.78 is 27.6. The number of fused-ring (bicyclic) bond motifs is 1. The normalized spacial score (nSPS) is 15.6. The fourth-order valence-electron chi connectivity index (χ4n) is 3.29. The first kappa shape index (κ1) is 19.0. The Kier molecular flexibility index (Phi) is 5.43. The maximum absolute atomic E-state index is 13.0. The monoisotopic (exact) mass is 417 g/mol. The molecule has 1 aromatic carbocycles. The highest BCUT2D eigenvalue weighted by Crippen LogP contribution is 2.26. The predicted molar refractivity (Wildman–Crippen MR) is 109 cm³/mol. The lowest BCUT2D eigenvalue weighted by Gasteiger charge is -2.26. The predicted octanol–water partition coefficient (Wildman–Crippen LogP) is 3.46. The molecule has 146 valence electrons. The highest BCUT2D eigenvalue weighted by molar-refractivity contribution is 7.89. The fraction of sp³-hybridized carbons (Fsp3) is 0.316. The standard InChI is InChI=1S/C19H20ClN5O2S/c20-18-7-4-14(11-21-18)12-22-19-16-10-15(5-6-17(16)23-13-24-19)28(26,27)25-8-2-1-3-9-25/h4-7,10-11,13H,1-3,8-9,12H2,(H,22,23,24). The van der Waals surface area contributed by atoms with Crippen LogP contribution < -0.4 is 5.32 Å². The summed E-state index contributed by atoms with van der Waals surface area (Å²) in [7, 11) is -3.52. The van der Waals surface area contributed by atoms with Crippen LogP contribution in [0.5, 0.6) is 0 Å². The van der Waals surface area contributed by atoms with E-state index in [2.05, 4.69) is 20.3 Å². The SMILES string of the molecule is O=S(=O)(c1ccc2ncnc(NCc3ccc(Cl)nc3)c2c1)N1CCCCC1. The minimum absolute atomic E-state index is 0.271. The molecule has 0 bridgehead atoms. The summed E-state index contributed by atoms with van der Waals surface area (Å²) in [4.78, 5) is 12.9. The number of rotatable bonds is 5. The number of piperidine rings is 1. The van der Waals surface area contributed by atoms with E-state index in [1.54, 1.807) is 34.8 Å². The molecule has 1 fully saturated rings. The molecule has 7 nitrogen and oxygen atoms in total. The number of anilines is 1. The van der Waals surface area contributed by atoms with Crippen LogP contribution in [-0.2, 0) is 16.6 Å². The van der Waals surface area contributed by atoms with Gasteiger partial charge < -0.3 is 5.32 Å². The van der Waals surface area contributed by atoms with E-state index in [0.717, 1.165) is 24.8 Å². The van der Waals surface area contributed by atoms with Gasteiger partial charge in [0, 0.05) is 31.2 Å². The van der Waals surface area contributed by atoms with Gasteiger partial charge in [-0.05, 0) is 42.7 Å². The van der Waals surface area contributed by atoms with Gasteiger partial charge in [-0.25, -0.2) is 23.4 Å². The van der Waals surface area contributed by atoms with Gasteiger partial charge in [0.25, 0.3) is 0 Å². The lowest BCUT2D eigenvalue weighted by Crippen LogP contribution is -2.35. The topological polar surface area (TPSA) is 88.1 Å². The van der Waals surface area contributed by atoms with Gasteiger partial charge >= 0.3 is 0 Å². The highest BCUT2D eigenvalue weighted by Gasteiger charge is 2.26. The quantitative estimate of drug-likeness (QED) is 0.639. The molecule has 0 atom stereocenters. The third-order valence-electron chi connectivity index (χ3n) is 4.81. The Morgan fingerprint density at radius 2 is 1.86 bits per heavy atom. The van der Waals surface area contributed by atoms with Crippen molar-refractivity contribution >= 4 is 38.3 Å². The van der Waals surface area contributed by atoms with Crippen molar-refractivity contribution in [2.45, 2.75) is 30.7 Å². The molecule has 2 aromatic heterocycles. The molecule has 0 saturated carbocycles. The maximum atomic E-state index is 13.0. The molecule has 3 aromatic rings. The summed E-state index contributed by atoms with van der Waals surface area (Å²) in [6.07, 6.45) is 6.02. The Bertz CT molecular complexity index is 1080. The van der Waals surface area contributed by atoms with Crippen molar-refractivity contribution in [2.24, 2.45) is 0 Å². The summed E-state index contributed by atoms with van der Waals surface area (Å²) in [5, 5.41) is 4.34. The van der Waals surface area contributed by atoms with Crippen molar-refractivity contribution in [1.82, 2.24) is 19.3 Å². The fourth-order valence-corrected chi connectivity index (χ4v) is 4.94. The largest absolute Gasteiger partial charge is 0.365 e. The second kappa shape index (κ2) is 7.98. The van der Waals surface area contributed by atoms with Gasteiger partial charge in [0.15, 0.2) is 0 Å². The van der Waals surface area contributed by atoms with Crippen molar-refractivity contribution < 1.29 is 8.42 Å². The first-order valence-electron chi connectivity index (χ1n) is 9.13. The molecular formula is C19H20ClN5O2S. The molecule has 9 heteroatoms. The summed E-state index contributed by atoms with van der Waals surface area (Å²) in [5.41, 5.74) is 1.62. The number of benzene rings is 1. The number of nitrogens with zero attached hydrogens (tertiary/aromatic N) is 4. The third kappa shape index (κ3) is 3.94. The average molecular weight is 418 g/mol. The van der Waals surface area contributed by atoms with E-state index in [0.29, 0.717) is 41.5 Å². The Balaban J connectivity index is 1.64. The molecule has 1 aliphatic rings. The highest BCUT2D eigenvalue weighted by atomic mass is 35.5. The molecule has 1 saturated heterocycles. The van der Waals surface area contributed by atoms with Gasteiger partial charge in [0.05, 0.1) is 10.4 Å². The van der Waals surface area contributed by atoms with Crippen molar-refractivity contribution in [2.75, 3.05) is 18.4 Å². The first-order valence-corrected chi connectivity index (χ1v) is 10.9. The number of pyridine rings is 1. The molecule has 0 spiro atoms. The minimum Gasteiger partial charge on any atom is -0.365 e. The van der Waals surface area contributed by atoms with Gasteiger partial charge in [-0.3, -0.25) is 0 Å². The van der Waals surface area contributed by atoms with Crippen LogP contribution in [0, 0.1) is 0 Å². The van der Waals surface area contributed by atoms with Crippen LogP contribution in [0.4, 0.5) is 5.82 Å². The van der Waals surface area contributed by atoms with Crippen LogP contribution >= 0.6 is 11.6 Å². The van der Waals surface area contributed by atoms with E-state index in [-0.39, 0.29) is 4.90 Å². The van der Waals surface area contributed by atoms with E-state index >= 15 is 0 Å². The molecule has 28 heavy (non-hydrogen) atoms. The molecule has 4 rings (SSSR count). The molecule has 0 unspecified atom stereocenters. The molecule has 0 amide bonds. The second-order valence-electron chi connectivity index (χ2n) is 6.71. The Morgan fingerprint density at radius 3 is 2.61 bits per heavy atom. The Morgan fingerprint density at radius 1 is 1.04 bits per heavy atom. The maximum Gasteiger partial charge on any atom is 0.243 e. The second-order valence-corrected chi connectivity index (χ2v) is 9.03. The van der Waals surface area contributed by atoms with Gasteiger partial charge in [-0.15, -0.1) is 0 Å². The number of halogens is 1. The van der Waals surface area contributed by atoms with Crippen LogP contribution in [0.2, 0.25) is 5.15 Å². The zero-order chi connectivity index (χ0) is 19.6. The van der Waals surface area contributed by atoms with Crippen molar-refractivity contribution in [3.63, 3.8) is 0 Å². The first-order chi connectivity index (χ1) is 13.5. The zero-order valence-electron chi connectivity index (χ0n) is 15.2. The third-order valence-corrected chi connectivity index (χ3v) is 6.93. The molecule has 0 radical (unpaired) electrons. The smallest absolute Gasteiger partial charge is 0.243 e. The summed E-state index contributed by atoms with van der Waals surface area (Å²) in [6, 6.07) is 8.59. The van der Waals surface area contributed by atoms with Gasteiger partial charge in [-0.2, -0.15) is 4.31 Å². The Labute approximate surface area is 168 Å². The summed E-state index contributed by atoms with van der Waals surface area (Å²) in [5.74, 6) is 0.579. The van der Waals surface area contributed by atoms with Gasteiger partial charge in [0.1, 0.15) is 17.3 Å². The summed E-state index contributed by atoms with van der Waals surface area (Å²) in [6.45, 7) is 1.63. The average Bonchev–Trinajstić information content (AvgIpc) is 2.73. The number of hydrogen-bond acceptors (Lipinski definition) is 6. The van der Waals surface area contributed by atoms with E-state index in [1.165, 1.54) is 6.33 Å². The van der Waals surface area contributed by atoms with Crippen LogP contribution in [0.15, 0.2) is 47.8 Å². The summed E-state index contributed by atoms with van der Waals surface area (Å²) >= 11 is 5.82. The van der Waals surface area contributed by atoms with Gasteiger partial charge in [-0.1, -0.05) is 24.1 Å². The van der Waals surface area contributed by atoms with E-state index < -0.39 is 10.0 Å². The molecule has 0 aliphatic carbocycles. The van der Waals surface area contributed by atoms with E-state index in [4.69, 9.17) is 11.6 Å². The lowest BCUT2D eigenvalue weighted by molar-refractivity contribution is 0.346. The van der Waals surface area contributed by atoms with E-state index in [1.807, 2.05) is 6.07 Å². The van der Waals surface area contributed by atoms with Crippen LogP contribution in [0.3, 0.4) is 0 Å². The number of nitrogens with one attached hydrogen (secondary N) is 1. The van der Waals surface area contributed by atoms with Crippen molar-refractivity contribution in [3.8, 4) is 0 Å².